The summed E-state index contributed by atoms with van der Waals surface area (Å²) >= 11 is 0. The Hall–Kier alpha value is -0.0800. The van der Waals surface area contributed by atoms with Crippen LogP contribution in [0.4, 0.5) is 0 Å². The van der Waals surface area contributed by atoms with Crippen LogP contribution in [0.15, 0.2) is 0 Å². The fourth-order valence-corrected chi connectivity index (χ4v) is 2.07. The molecule has 0 radical (unpaired) electrons. The lowest BCUT2D eigenvalue weighted by Gasteiger charge is -2.15. The zero-order valence-corrected chi connectivity index (χ0v) is 9.09. The molecule has 2 nitrogen and oxygen atoms in total. The topological polar surface area (TPSA) is 12.5 Å². The number of unbranched alkanes of at least 4 members (excludes halogenated alkanes) is 2. The number of likely N-dealkylation sites (tertiary alicyclic amines) is 1. The van der Waals surface area contributed by atoms with Gasteiger partial charge >= 0.3 is 0 Å². The van der Waals surface area contributed by atoms with Crippen molar-refractivity contribution in [3.63, 3.8) is 0 Å². The molecule has 1 rings (SSSR count). The number of hydrogen-bond donors (Lipinski definition) is 0. The van der Waals surface area contributed by atoms with Crippen LogP contribution in [0.25, 0.3) is 0 Å². The Morgan fingerprint density at radius 3 is 2.92 bits per heavy atom. The summed E-state index contributed by atoms with van der Waals surface area (Å²) in [5, 5.41) is 0. The fraction of sp³-hybridized carbons (Fsp3) is 1.00. The molecule has 1 atom stereocenters. The van der Waals surface area contributed by atoms with Crippen molar-refractivity contribution in [2.45, 2.75) is 32.6 Å². The van der Waals surface area contributed by atoms with Gasteiger partial charge in [0.25, 0.3) is 0 Å². The third-order valence-electron chi connectivity index (χ3n) is 2.85. The highest BCUT2D eigenvalue weighted by Crippen LogP contribution is 2.16. The van der Waals surface area contributed by atoms with Gasteiger partial charge in [-0.2, -0.15) is 0 Å². The lowest BCUT2D eigenvalue weighted by molar-refractivity contribution is 0.153. The van der Waals surface area contributed by atoms with Crippen LogP contribution < -0.4 is 0 Å². The van der Waals surface area contributed by atoms with Crippen molar-refractivity contribution in [2.75, 3.05) is 33.4 Å². The molecule has 1 unspecified atom stereocenters. The van der Waals surface area contributed by atoms with E-state index in [9.17, 15) is 0 Å². The predicted molar refractivity (Wildman–Crippen MR) is 55.9 cm³/mol. The Morgan fingerprint density at radius 1 is 1.38 bits per heavy atom. The minimum absolute atomic E-state index is 0.798. The first kappa shape index (κ1) is 11.0. The molecule has 0 saturated carbocycles. The molecule has 0 N–H and O–H groups in total. The van der Waals surface area contributed by atoms with Gasteiger partial charge in [0.05, 0.1) is 6.61 Å². The zero-order chi connectivity index (χ0) is 9.52. The molecule has 0 aromatic heterocycles. The second-order valence-electron chi connectivity index (χ2n) is 4.12. The van der Waals surface area contributed by atoms with Crippen molar-refractivity contribution in [1.82, 2.24) is 4.90 Å². The highest BCUT2D eigenvalue weighted by atomic mass is 16.5. The van der Waals surface area contributed by atoms with Crippen LogP contribution in [0.1, 0.15) is 32.6 Å². The summed E-state index contributed by atoms with van der Waals surface area (Å²) < 4.78 is 5.17. The molecule has 0 bridgehead atoms. The van der Waals surface area contributed by atoms with Crippen molar-refractivity contribution >= 4 is 0 Å². The fourth-order valence-electron chi connectivity index (χ4n) is 2.07. The minimum Gasteiger partial charge on any atom is -0.384 e. The van der Waals surface area contributed by atoms with Crippen molar-refractivity contribution in [1.29, 1.82) is 0 Å². The van der Waals surface area contributed by atoms with Crippen LogP contribution >= 0.6 is 0 Å². The standard InChI is InChI=1S/C11H23NO/c1-3-4-5-7-12-8-6-11(9-12)10-13-2/h11H,3-10H2,1-2H3. The molecule has 0 amide bonds. The van der Waals surface area contributed by atoms with E-state index in [1.807, 2.05) is 0 Å². The van der Waals surface area contributed by atoms with Crippen LogP contribution in [-0.2, 0) is 4.74 Å². The maximum Gasteiger partial charge on any atom is 0.0503 e. The molecular formula is C11H23NO. The summed E-state index contributed by atoms with van der Waals surface area (Å²) in [6.45, 7) is 7.06. The monoisotopic (exact) mass is 185 g/mol. The van der Waals surface area contributed by atoms with E-state index >= 15 is 0 Å². The Kier molecular flexibility index (Phi) is 5.40. The highest BCUT2D eigenvalue weighted by Gasteiger charge is 2.21. The van der Waals surface area contributed by atoms with E-state index in [1.165, 1.54) is 45.3 Å². The number of ether oxygens (including phenoxy) is 1. The summed E-state index contributed by atoms with van der Waals surface area (Å²) in [6, 6.07) is 0. The SMILES string of the molecule is CCCCCN1CCC(COC)C1. The van der Waals surface area contributed by atoms with Crippen LogP contribution in [0.2, 0.25) is 0 Å². The smallest absolute Gasteiger partial charge is 0.0503 e. The van der Waals surface area contributed by atoms with Crippen molar-refractivity contribution in [3.8, 4) is 0 Å². The van der Waals surface area contributed by atoms with Crippen molar-refractivity contribution in [3.05, 3.63) is 0 Å². The molecule has 2 heteroatoms. The van der Waals surface area contributed by atoms with Crippen LogP contribution in [0, 0.1) is 5.92 Å². The van der Waals surface area contributed by atoms with Gasteiger partial charge in [0.15, 0.2) is 0 Å². The van der Waals surface area contributed by atoms with Gasteiger partial charge in [-0.3, -0.25) is 0 Å². The molecule has 1 saturated heterocycles. The van der Waals surface area contributed by atoms with E-state index in [0.717, 1.165) is 12.5 Å². The Balaban J connectivity index is 2.03. The van der Waals surface area contributed by atoms with E-state index in [4.69, 9.17) is 4.74 Å². The maximum absolute atomic E-state index is 5.17. The summed E-state index contributed by atoms with van der Waals surface area (Å²) in [5.74, 6) is 0.798. The molecule has 1 aliphatic heterocycles. The summed E-state index contributed by atoms with van der Waals surface area (Å²) in [4.78, 5) is 2.58. The van der Waals surface area contributed by atoms with Crippen LogP contribution in [0.5, 0.6) is 0 Å². The first-order chi connectivity index (χ1) is 6.36. The van der Waals surface area contributed by atoms with Gasteiger partial charge in [0, 0.05) is 13.7 Å². The minimum atomic E-state index is 0.798. The Morgan fingerprint density at radius 2 is 2.23 bits per heavy atom. The Labute approximate surface area is 82.3 Å². The van der Waals surface area contributed by atoms with Gasteiger partial charge in [-0.25, -0.2) is 0 Å². The van der Waals surface area contributed by atoms with E-state index in [0.29, 0.717) is 0 Å². The van der Waals surface area contributed by atoms with Gasteiger partial charge in [-0.15, -0.1) is 0 Å². The number of nitrogens with zero attached hydrogens (tertiary/aromatic N) is 1. The van der Waals surface area contributed by atoms with Gasteiger partial charge in [-0.1, -0.05) is 19.8 Å². The van der Waals surface area contributed by atoms with Gasteiger partial charge in [-0.05, 0) is 31.8 Å². The average molecular weight is 185 g/mol. The predicted octanol–water partition coefficient (Wildman–Crippen LogP) is 2.14. The molecule has 0 aromatic rings. The van der Waals surface area contributed by atoms with E-state index in [-0.39, 0.29) is 0 Å². The summed E-state index contributed by atoms with van der Waals surface area (Å²) in [5.41, 5.74) is 0. The van der Waals surface area contributed by atoms with E-state index in [1.54, 1.807) is 7.11 Å². The Bertz CT molecular complexity index is 127. The zero-order valence-electron chi connectivity index (χ0n) is 9.09. The average Bonchev–Trinajstić information content (AvgIpc) is 2.54. The van der Waals surface area contributed by atoms with Crippen molar-refractivity contribution in [2.24, 2.45) is 5.92 Å². The van der Waals surface area contributed by atoms with Crippen LogP contribution in [-0.4, -0.2) is 38.3 Å². The third-order valence-corrected chi connectivity index (χ3v) is 2.85. The second kappa shape index (κ2) is 6.39. The molecule has 13 heavy (non-hydrogen) atoms. The number of hydrogen-bond acceptors (Lipinski definition) is 2. The second-order valence-corrected chi connectivity index (χ2v) is 4.12. The molecular weight excluding hydrogens is 162 g/mol. The van der Waals surface area contributed by atoms with Crippen LogP contribution in [0.3, 0.4) is 0 Å². The molecule has 0 aromatic carbocycles. The van der Waals surface area contributed by atoms with Gasteiger partial charge in [0.1, 0.15) is 0 Å². The largest absolute Gasteiger partial charge is 0.384 e. The molecule has 0 spiro atoms. The quantitative estimate of drug-likeness (QED) is 0.588. The highest BCUT2D eigenvalue weighted by molar-refractivity contribution is 4.74. The summed E-state index contributed by atoms with van der Waals surface area (Å²) in [6.07, 6.45) is 5.41. The van der Waals surface area contributed by atoms with Gasteiger partial charge < -0.3 is 9.64 Å². The third kappa shape index (κ3) is 4.10. The first-order valence-electron chi connectivity index (χ1n) is 5.58. The van der Waals surface area contributed by atoms with Gasteiger partial charge in [0.2, 0.25) is 0 Å². The lowest BCUT2D eigenvalue weighted by atomic mass is 10.1. The molecule has 1 fully saturated rings. The maximum atomic E-state index is 5.17. The number of rotatable bonds is 6. The van der Waals surface area contributed by atoms with E-state index in [2.05, 4.69) is 11.8 Å². The first-order valence-corrected chi connectivity index (χ1v) is 5.58. The van der Waals surface area contributed by atoms with Crippen molar-refractivity contribution < 1.29 is 4.74 Å². The lowest BCUT2D eigenvalue weighted by Crippen LogP contribution is -2.22. The number of methoxy groups -OCH3 is 1. The molecule has 1 heterocycles. The normalized spacial score (nSPS) is 24.0. The summed E-state index contributed by atoms with van der Waals surface area (Å²) in [7, 11) is 1.81. The van der Waals surface area contributed by atoms with E-state index < -0.39 is 0 Å². The molecule has 0 aliphatic carbocycles. The molecule has 78 valence electrons. The molecule has 1 aliphatic rings.